The molecule has 8 nitrogen and oxygen atoms in total. The number of esters is 1. The molecular weight excluding hydrogens is 456 g/mol. The van der Waals surface area contributed by atoms with E-state index in [1.807, 2.05) is 52.8 Å². The van der Waals surface area contributed by atoms with Gasteiger partial charge >= 0.3 is 18.0 Å². The standard InChI is InChI=1S/C28H36N4O4/c1-7-15-32-20(6)24(26(33)36-16-17(2)3)25(31-28(32)35)21-11-13-22(14-12-21)29-27(34)30-23-10-8-9-18(4)19(23)5/h8-14,17,25H,7,15-16H2,1-6H3,(H,31,35)(H2,29,30,34)/t25-/m1/s1. The van der Waals surface area contributed by atoms with Gasteiger partial charge in [-0.3, -0.25) is 4.90 Å². The van der Waals surface area contributed by atoms with Crippen LogP contribution in [-0.4, -0.2) is 36.1 Å². The van der Waals surface area contributed by atoms with Crippen LogP contribution in [0.4, 0.5) is 21.0 Å². The summed E-state index contributed by atoms with van der Waals surface area (Å²) in [6, 6.07) is 11.5. The van der Waals surface area contributed by atoms with Crippen molar-refractivity contribution in [2.75, 3.05) is 23.8 Å². The van der Waals surface area contributed by atoms with Gasteiger partial charge in [0.15, 0.2) is 0 Å². The van der Waals surface area contributed by atoms with Crippen LogP contribution in [-0.2, 0) is 9.53 Å². The molecule has 1 aliphatic heterocycles. The lowest BCUT2D eigenvalue weighted by Crippen LogP contribution is -2.48. The van der Waals surface area contributed by atoms with Crippen LogP contribution in [0.2, 0.25) is 0 Å². The molecule has 0 bridgehead atoms. The first-order chi connectivity index (χ1) is 17.1. The Balaban J connectivity index is 1.80. The maximum atomic E-state index is 13.1. The number of ether oxygens (including phenoxy) is 1. The Hall–Kier alpha value is -3.81. The Morgan fingerprint density at radius 2 is 1.75 bits per heavy atom. The number of urea groups is 2. The van der Waals surface area contributed by atoms with Crippen molar-refractivity contribution in [3.8, 4) is 0 Å². The van der Waals surface area contributed by atoms with E-state index >= 15 is 0 Å². The molecule has 0 spiro atoms. The largest absolute Gasteiger partial charge is 0.462 e. The van der Waals surface area contributed by atoms with E-state index in [1.165, 1.54) is 0 Å². The predicted octanol–water partition coefficient (Wildman–Crippen LogP) is 5.90. The van der Waals surface area contributed by atoms with Gasteiger partial charge in [0.25, 0.3) is 0 Å². The highest BCUT2D eigenvalue weighted by molar-refractivity contribution is 6.00. The maximum absolute atomic E-state index is 13.1. The molecule has 36 heavy (non-hydrogen) atoms. The number of nitrogens with one attached hydrogen (secondary N) is 3. The fourth-order valence-corrected chi connectivity index (χ4v) is 4.04. The molecule has 1 heterocycles. The van der Waals surface area contributed by atoms with Crippen LogP contribution in [0.1, 0.15) is 56.8 Å². The van der Waals surface area contributed by atoms with Crippen LogP contribution in [0, 0.1) is 19.8 Å². The summed E-state index contributed by atoms with van der Waals surface area (Å²) < 4.78 is 5.54. The zero-order valence-electron chi connectivity index (χ0n) is 21.9. The third-order valence-electron chi connectivity index (χ3n) is 6.17. The molecule has 1 atom stereocenters. The van der Waals surface area contributed by atoms with E-state index in [4.69, 9.17) is 4.74 Å². The molecule has 0 unspecified atom stereocenters. The zero-order valence-corrected chi connectivity index (χ0v) is 21.9. The van der Waals surface area contributed by atoms with Crippen LogP contribution >= 0.6 is 0 Å². The number of hydrogen-bond acceptors (Lipinski definition) is 4. The molecule has 0 radical (unpaired) electrons. The van der Waals surface area contributed by atoms with Gasteiger partial charge in [0.1, 0.15) is 0 Å². The molecule has 2 aromatic rings. The summed E-state index contributed by atoms with van der Waals surface area (Å²) in [4.78, 5) is 40.0. The van der Waals surface area contributed by atoms with Crippen molar-refractivity contribution in [3.63, 3.8) is 0 Å². The highest BCUT2D eigenvalue weighted by Gasteiger charge is 2.36. The van der Waals surface area contributed by atoms with E-state index in [9.17, 15) is 14.4 Å². The smallest absolute Gasteiger partial charge is 0.338 e. The van der Waals surface area contributed by atoms with Gasteiger partial charge in [-0.15, -0.1) is 0 Å². The summed E-state index contributed by atoms with van der Waals surface area (Å²) in [5.41, 5.74) is 5.15. The quantitative estimate of drug-likeness (QED) is 0.400. The summed E-state index contributed by atoms with van der Waals surface area (Å²) in [5.74, 6) is -0.249. The van der Waals surface area contributed by atoms with E-state index < -0.39 is 12.0 Å². The van der Waals surface area contributed by atoms with E-state index in [0.29, 0.717) is 30.1 Å². The summed E-state index contributed by atoms with van der Waals surface area (Å²) in [6.45, 7) is 12.4. The number of carbonyl (C=O) groups excluding carboxylic acids is 3. The van der Waals surface area contributed by atoms with Gasteiger partial charge in [0, 0.05) is 23.6 Å². The van der Waals surface area contributed by atoms with Crippen molar-refractivity contribution in [1.82, 2.24) is 10.2 Å². The van der Waals surface area contributed by atoms with E-state index in [0.717, 1.165) is 28.8 Å². The fraction of sp³-hybridized carbons (Fsp3) is 0.393. The monoisotopic (exact) mass is 492 g/mol. The molecule has 8 heteroatoms. The maximum Gasteiger partial charge on any atom is 0.338 e. The van der Waals surface area contributed by atoms with E-state index in [2.05, 4.69) is 16.0 Å². The molecule has 4 amide bonds. The van der Waals surface area contributed by atoms with Crippen molar-refractivity contribution in [2.45, 2.75) is 54.0 Å². The van der Waals surface area contributed by atoms with Gasteiger partial charge < -0.3 is 20.7 Å². The van der Waals surface area contributed by atoms with Gasteiger partial charge in [-0.05, 0) is 68.0 Å². The Bertz CT molecular complexity index is 1150. The molecule has 0 fully saturated rings. The molecule has 1 aliphatic rings. The number of nitrogens with zero attached hydrogens (tertiary/aromatic N) is 1. The van der Waals surface area contributed by atoms with Gasteiger partial charge in [-0.1, -0.05) is 45.0 Å². The second kappa shape index (κ2) is 11.7. The van der Waals surface area contributed by atoms with Crippen molar-refractivity contribution in [3.05, 3.63) is 70.4 Å². The number of rotatable bonds is 8. The molecule has 0 saturated heterocycles. The average Bonchev–Trinajstić information content (AvgIpc) is 2.83. The van der Waals surface area contributed by atoms with Crippen molar-refractivity contribution in [2.24, 2.45) is 5.92 Å². The minimum Gasteiger partial charge on any atom is -0.462 e. The Kier molecular flexibility index (Phi) is 8.74. The zero-order chi connectivity index (χ0) is 26.4. The first kappa shape index (κ1) is 26.8. The summed E-state index contributed by atoms with van der Waals surface area (Å²) in [7, 11) is 0. The Labute approximate surface area is 213 Å². The normalized spacial score (nSPS) is 15.6. The number of aryl methyl sites for hydroxylation is 1. The second-order valence-electron chi connectivity index (χ2n) is 9.47. The SMILES string of the molecule is CCCN1C(=O)N[C@H](c2ccc(NC(=O)Nc3cccc(C)c3C)cc2)C(C(=O)OCC(C)C)=C1C. The van der Waals surface area contributed by atoms with Crippen LogP contribution in [0.3, 0.4) is 0 Å². The summed E-state index contributed by atoms with van der Waals surface area (Å²) >= 11 is 0. The molecule has 3 N–H and O–H groups in total. The minimum atomic E-state index is -0.650. The lowest BCUT2D eigenvalue weighted by Gasteiger charge is -2.35. The molecule has 0 saturated carbocycles. The van der Waals surface area contributed by atoms with Gasteiger partial charge in [0.2, 0.25) is 0 Å². The number of amides is 4. The number of anilines is 2. The third-order valence-corrected chi connectivity index (χ3v) is 6.17. The predicted molar refractivity (Wildman–Crippen MR) is 142 cm³/mol. The summed E-state index contributed by atoms with van der Waals surface area (Å²) in [5, 5.41) is 8.65. The van der Waals surface area contributed by atoms with E-state index in [-0.39, 0.29) is 18.0 Å². The number of benzene rings is 2. The van der Waals surface area contributed by atoms with Gasteiger partial charge in [-0.2, -0.15) is 0 Å². The van der Waals surface area contributed by atoms with Crippen LogP contribution in [0.5, 0.6) is 0 Å². The van der Waals surface area contributed by atoms with Crippen molar-refractivity contribution in [1.29, 1.82) is 0 Å². The number of allylic oxidation sites excluding steroid dienone is 1. The minimum absolute atomic E-state index is 0.193. The lowest BCUT2D eigenvalue weighted by atomic mass is 9.94. The molecular formula is C28H36N4O4. The van der Waals surface area contributed by atoms with Gasteiger partial charge in [-0.25, -0.2) is 14.4 Å². The Morgan fingerprint density at radius 1 is 1.06 bits per heavy atom. The van der Waals surface area contributed by atoms with E-state index in [1.54, 1.807) is 36.1 Å². The number of hydrogen-bond donors (Lipinski definition) is 3. The second-order valence-corrected chi connectivity index (χ2v) is 9.47. The number of carbonyl (C=O) groups is 3. The lowest BCUT2D eigenvalue weighted by molar-refractivity contribution is -0.140. The molecule has 2 aromatic carbocycles. The third kappa shape index (κ3) is 6.24. The van der Waals surface area contributed by atoms with Crippen LogP contribution < -0.4 is 16.0 Å². The van der Waals surface area contributed by atoms with Crippen LogP contribution in [0.15, 0.2) is 53.7 Å². The molecule has 3 rings (SSSR count). The van der Waals surface area contributed by atoms with Crippen molar-refractivity contribution >= 4 is 29.4 Å². The first-order valence-electron chi connectivity index (χ1n) is 12.3. The topological polar surface area (TPSA) is 99.8 Å². The average molecular weight is 493 g/mol. The Morgan fingerprint density at radius 3 is 2.39 bits per heavy atom. The van der Waals surface area contributed by atoms with Gasteiger partial charge in [0.05, 0.1) is 18.2 Å². The summed E-state index contributed by atoms with van der Waals surface area (Å²) in [6.07, 6.45) is 0.758. The van der Waals surface area contributed by atoms with Crippen molar-refractivity contribution < 1.29 is 19.1 Å². The highest BCUT2D eigenvalue weighted by Crippen LogP contribution is 2.32. The first-order valence-corrected chi connectivity index (χ1v) is 12.3. The highest BCUT2D eigenvalue weighted by atomic mass is 16.5. The molecule has 0 aromatic heterocycles. The molecule has 192 valence electrons. The fourth-order valence-electron chi connectivity index (χ4n) is 4.04. The van der Waals surface area contributed by atoms with Crippen LogP contribution in [0.25, 0.3) is 0 Å². The molecule has 0 aliphatic carbocycles.